The van der Waals surface area contributed by atoms with E-state index in [0.717, 1.165) is 32.8 Å². The van der Waals surface area contributed by atoms with Crippen LogP contribution in [0.15, 0.2) is 30.7 Å². The Morgan fingerprint density at radius 1 is 1.44 bits per heavy atom. The summed E-state index contributed by atoms with van der Waals surface area (Å²) < 4.78 is 13.5. The Morgan fingerprint density at radius 2 is 2.36 bits per heavy atom. The van der Waals surface area contributed by atoms with Gasteiger partial charge in [-0.05, 0) is 6.07 Å². The van der Waals surface area contributed by atoms with E-state index < -0.39 is 0 Å². The maximum Gasteiger partial charge on any atom is 0.213 e. The number of fused-ring (bicyclic) bond motifs is 1. The molecule has 2 fully saturated rings. The Kier molecular flexibility index (Phi) is 4.15. The van der Waals surface area contributed by atoms with Gasteiger partial charge in [-0.15, -0.1) is 0 Å². The van der Waals surface area contributed by atoms with Crippen LogP contribution in [0.25, 0.3) is 0 Å². The summed E-state index contributed by atoms with van der Waals surface area (Å²) in [5.74, 6) is 1.03. The molecule has 25 heavy (non-hydrogen) atoms. The van der Waals surface area contributed by atoms with Crippen molar-refractivity contribution in [3.05, 3.63) is 41.9 Å². The highest BCUT2D eigenvalue weighted by atomic mass is 16.5. The van der Waals surface area contributed by atoms with Gasteiger partial charge in [-0.1, -0.05) is 0 Å². The summed E-state index contributed by atoms with van der Waals surface area (Å²) in [5, 5.41) is 13.1. The molecule has 7 nitrogen and oxygen atoms in total. The van der Waals surface area contributed by atoms with E-state index in [-0.39, 0.29) is 5.41 Å². The minimum absolute atomic E-state index is 0.0117. The van der Waals surface area contributed by atoms with E-state index in [2.05, 4.69) is 27.2 Å². The Bertz CT molecular complexity index is 782. The van der Waals surface area contributed by atoms with Gasteiger partial charge in [0.25, 0.3) is 0 Å². The van der Waals surface area contributed by atoms with Crippen molar-refractivity contribution in [3.8, 4) is 11.9 Å². The highest BCUT2D eigenvalue weighted by Gasteiger charge is 2.51. The molecule has 0 amide bonds. The zero-order chi connectivity index (χ0) is 17.3. The minimum atomic E-state index is 0.0117. The van der Waals surface area contributed by atoms with E-state index in [9.17, 15) is 0 Å². The first-order valence-corrected chi connectivity index (χ1v) is 8.43. The molecule has 2 aliphatic heterocycles. The van der Waals surface area contributed by atoms with Gasteiger partial charge in [-0.3, -0.25) is 9.58 Å². The first-order chi connectivity index (χ1) is 12.2. The largest absolute Gasteiger partial charge is 0.477 e. The van der Waals surface area contributed by atoms with Crippen LogP contribution in [0.1, 0.15) is 11.1 Å². The van der Waals surface area contributed by atoms with E-state index in [1.165, 1.54) is 5.56 Å². The first-order valence-electron chi connectivity index (χ1n) is 8.43. The Labute approximate surface area is 146 Å². The molecule has 0 aliphatic carbocycles. The number of aromatic nitrogens is 3. The third kappa shape index (κ3) is 3.23. The molecule has 4 heterocycles. The highest BCUT2D eigenvalue weighted by molar-refractivity contribution is 5.28. The average Bonchev–Trinajstić information content (AvgIpc) is 3.28. The van der Waals surface area contributed by atoms with Gasteiger partial charge in [-0.25, -0.2) is 4.98 Å². The number of nitriles is 1. The smallest absolute Gasteiger partial charge is 0.213 e. The van der Waals surface area contributed by atoms with Gasteiger partial charge < -0.3 is 9.47 Å². The topological polar surface area (TPSA) is 76.2 Å². The molecule has 130 valence electrons. The fraction of sp³-hybridized carbons (Fsp3) is 0.500. The second kappa shape index (κ2) is 6.47. The van der Waals surface area contributed by atoms with E-state index in [0.29, 0.717) is 24.0 Å². The van der Waals surface area contributed by atoms with Crippen LogP contribution < -0.4 is 4.74 Å². The molecule has 0 saturated carbocycles. The molecule has 0 radical (unpaired) electrons. The summed E-state index contributed by atoms with van der Waals surface area (Å²) in [7, 11) is 1.94. The number of hydrogen-bond donors (Lipinski definition) is 0. The van der Waals surface area contributed by atoms with Crippen LogP contribution in [0.3, 0.4) is 0 Å². The molecule has 0 spiro atoms. The summed E-state index contributed by atoms with van der Waals surface area (Å²) in [4.78, 5) is 6.66. The second-order valence-electron chi connectivity index (χ2n) is 7.05. The van der Waals surface area contributed by atoms with Gasteiger partial charge in [0.05, 0.1) is 31.6 Å². The fourth-order valence-electron chi connectivity index (χ4n) is 3.83. The summed E-state index contributed by atoms with van der Waals surface area (Å²) >= 11 is 0. The predicted octanol–water partition coefficient (Wildman–Crippen LogP) is 1.21. The van der Waals surface area contributed by atoms with Crippen LogP contribution in [0, 0.1) is 22.7 Å². The summed E-state index contributed by atoms with van der Waals surface area (Å²) in [6.07, 6.45) is 5.53. The summed E-state index contributed by atoms with van der Waals surface area (Å²) in [6.45, 7) is 4.95. The van der Waals surface area contributed by atoms with Crippen molar-refractivity contribution in [2.75, 3.05) is 32.9 Å². The van der Waals surface area contributed by atoms with Gasteiger partial charge in [0, 0.05) is 62.0 Å². The zero-order valence-electron chi connectivity index (χ0n) is 14.3. The lowest BCUT2D eigenvalue weighted by atomic mass is 9.82. The fourth-order valence-corrected chi connectivity index (χ4v) is 3.83. The molecule has 2 aromatic heterocycles. The van der Waals surface area contributed by atoms with E-state index >= 15 is 0 Å². The standard InChI is InChI=1S/C18H21N5O2/c1-22-7-15(6-21-22)8-23-9-16-10-24-12-18(16,11-23)13-25-17-3-2-14(4-19)5-20-17/h2-3,5-7,16H,8-13H2,1H3/t16-,18+/m0/s1. The lowest BCUT2D eigenvalue weighted by Crippen LogP contribution is -2.37. The molecule has 7 heteroatoms. The van der Waals surface area contributed by atoms with Crippen LogP contribution in [-0.4, -0.2) is 52.6 Å². The molecule has 4 rings (SSSR count). The number of rotatable bonds is 5. The first kappa shape index (κ1) is 16.1. The third-order valence-electron chi connectivity index (χ3n) is 5.13. The molecule has 0 N–H and O–H groups in total. The summed E-state index contributed by atoms with van der Waals surface area (Å²) in [5.41, 5.74) is 1.78. The van der Waals surface area contributed by atoms with Crippen LogP contribution in [0.5, 0.6) is 5.88 Å². The highest BCUT2D eigenvalue weighted by Crippen LogP contribution is 2.42. The lowest BCUT2D eigenvalue weighted by Gasteiger charge is -2.27. The van der Waals surface area contributed by atoms with Crippen molar-refractivity contribution in [2.24, 2.45) is 18.4 Å². The molecule has 0 bridgehead atoms. The summed E-state index contributed by atoms with van der Waals surface area (Å²) in [6, 6.07) is 5.55. The molecule has 2 aromatic rings. The second-order valence-corrected chi connectivity index (χ2v) is 7.05. The van der Waals surface area contributed by atoms with Crippen molar-refractivity contribution >= 4 is 0 Å². The molecule has 2 aliphatic rings. The van der Waals surface area contributed by atoms with Crippen molar-refractivity contribution in [2.45, 2.75) is 6.54 Å². The van der Waals surface area contributed by atoms with Crippen molar-refractivity contribution in [1.29, 1.82) is 5.26 Å². The maximum absolute atomic E-state index is 8.85. The van der Waals surface area contributed by atoms with Gasteiger partial charge in [0.1, 0.15) is 6.07 Å². The molecular weight excluding hydrogens is 318 g/mol. The number of ether oxygens (including phenoxy) is 2. The monoisotopic (exact) mass is 339 g/mol. The van der Waals surface area contributed by atoms with Crippen LogP contribution in [-0.2, 0) is 18.3 Å². The molecule has 2 atom stereocenters. The van der Waals surface area contributed by atoms with Crippen molar-refractivity contribution in [3.63, 3.8) is 0 Å². The van der Waals surface area contributed by atoms with E-state index in [1.807, 2.05) is 17.9 Å². The van der Waals surface area contributed by atoms with Crippen LogP contribution >= 0.6 is 0 Å². The average molecular weight is 339 g/mol. The lowest BCUT2D eigenvalue weighted by molar-refractivity contribution is 0.0881. The number of hydrogen-bond acceptors (Lipinski definition) is 6. The Morgan fingerprint density at radius 3 is 3.08 bits per heavy atom. The van der Waals surface area contributed by atoms with Crippen LogP contribution in [0.4, 0.5) is 0 Å². The van der Waals surface area contributed by atoms with Gasteiger partial charge in [0.2, 0.25) is 5.88 Å². The van der Waals surface area contributed by atoms with Crippen molar-refractivity contribution < 1.29 is 9.47 Å². The van der Waals surface area contributed by atoms with E-state index in [4.69, 9.17) is 14.7 Å². The number of aryl methyl sites for hydroxylation is 1. The number of pyridine rings is 1. The van der Waals surface area contributed by atoms with Gasteiger partial charge >= 0.3 is 0 Å². The van der Waals surface area contributed by atoms with Gasteiger partial charge in [0.15, 0.2) is 0 Å². The van der Waals surface area contributed by atoms with Gasteiger partial charge in [-0.2, -0.15) is 10.4 Å². The Hall–Kier alpha value is -2.43. The van der Waals surface area contributed by atoms with Crippen LogP contribution in [0.2, 0.25) is 0 Å². The molecule has 2 saturated heterocycles. The third-order valence-corrected chi connectivity index (χ3v) is 5.13. The van der Waals surface area contributed by atoms with Crippen molar-refractivity contribution in [1.82, 2.24) is 19.7 Å². The SMILES string of the molecule is Cn1cc(CN2C[C@H]3COC[C@@]3(COc3ccc(C#N)cn3)C2)cn1. The number of nitrogens with zero attached hydrogens (tertiary/aromatic N) is 5. The normalized spacial score (nSPS) is 25.7. The predicted molar refractivity (Wildman–Crippen MR) is 89.7 cm³/mol. The maximum atomic E-state index is 8.85. The Balaban J connectivity index is 1.41. The number of likely N-dealkylation sites (tertiary alicyclic amines) is 1. The quantitative estimate of drug-likeness (QED) is 0.815. The molecule has 0 aromatic carbocycles. The van der Waals surface area contributed by atoms with E-state index in [1.54, 1.807) is 18.3 Å². The molecule has 0 unspecified atom stereocenters. The minimum Gasteiger partial charge on any atom is -0.477 e. The zero-order valence-corrected chi connectivity index (χ0v) is 14.3. The molecular formula is C18H21N5O2.